The van der Waals surface area contributed by atoms with Gasteiger partial charge in [0.05, 0.1) is 0 Å². The maximum atomic E-state index is 2.36. The van der Waals surface area contributed by atoms with E-state index >= 15 is 0 Å². The molecule has 0 heterocycles. The first-order chi connectivity index (χ1) is 4.31. The van der Waals surface area contributed by atoms with Crippen LogP contribution >= 0.6 is 0 Å². The molecule has 0 fully saturated rings. The summed E-state index contributed by atoms with van der Waals surface area (Å²) in [5.41, 5.74) is 0. The van der Waals surface area contributed by atoms with Gasteiger partial charge >= 0.3 is 68.3 Å². The molecule has 0 aromatic heterocycles. The first kappa shape index (κ1) is 9.60. The average molecular weight is 120 g/mol. The maximum absolute atomic E-state index is 2.36. The van der Waals surface area contributed by atoms with E-state index in [1.54, 1.807) is 0 Å². The van der Waals surface area contributed by atoms with Crippen LogP contribution in [0.5, 0.6) is 0 Å². The van der Waals surface area contributed by atoms with Gasteiger partial charge in [0, 0.05) is 0 Å². The van der Waals surface area contributed by atoms with Crippen LogP contribution in [0.15, 0.2) is 0 Å². The van der Waals surface area contributed by atoms with Gasteiger partial charge in [-0.05, 0) is 0 Å². The molecule has 0 saturated carbocycles. The third-order valence-corrected chi connectivity index (χ3v) is 1.83. The van der Waals surface area contributed by atoms with Gasteiger partial charge in [-0.15, -0.1) is 0 Å². The SMILES string of the molecule is [Li][CH](CCC)CCCC. The normalized spacial score (nSPS) is 13.8. The molecule has 0 rings (SSSR count). The van der Waals surface area contributed by atoms with E-state index in [-0.39, 0.29) is 0 Å². The van der Waals surface area contributed by atoms with Crippen molar-refractivity contribution in [1.82, 2.24) is 0 Å². The Kier molecular flexibility index (Phi) is 7.16. The van der Waals surface area contributed by atoms with E-state index in [1.165, 1.54) is 32.1 Å². The van der Waals surface area contributed by atoms with E-state index in [1.807, 2.05) is 0 Å². The predicted molar refractivity (Wildman–Crippen MR) is 43.9 cm³/mol. The molecule has 0 spiro atoms. The molecule has 0 amide bonds. The predicted octanol–water partition coefficient (Wildman–Crippen LogP) is 2.93. The molecule has 50 valence electrons. The third kappa shape index (κ3) is 6.48. The van der Waals surface area contributed by atoms with Crippen LogP contribution in [0.1, 0.15) is 46.0 Å². The zero-order chi connectivity index (χ0) is 7.11. The van der Waals surface area contributed by atoms with E-state index < -0.39 is 0 Å². The first-order valence-electron chi connectivity index (χ1n) is 4.31. The topological polar surface area (TPSA) is 0 Å². The zero-order valence-electron chi connectivity index (χ0n) is 7.11. The third-order valence-electron chi connectivity index (χ3n) is 1.83. The minimum absolute atomic E-state index is 0.968. The summed E-state index contributed by atoms with van der Waals surface area (Å²) in [5, 5.41) is 0. The molecule has 0 bridgehead atoms. The van der Waals surface area contributed by atoms with Crippen LogP contribution in [-0.2, 0) is 0 Å². The number of hydrogen-bond donors (Lipinski definition) is 0. The van der Waals surface area contributed by atoms with Crippen molar-refractivity contribution in [3.63, 3.8) is 0 Å². The molecular weight excluding hydrogens is 103 g/mol. The Balaban J connectivity index is 2.95. The van der Waals surface area contributed by atoms with Crippen molar-refractivity contribution in [2.24, 2.45) is 0 Å². The second-order valence-electron chi connectivity index (χ2n) is 3.04. The van der Waals surface area contributed by atoms with E-state index in [0.29, 0.717) is 0 Å². The Labute approximate surface area is 68.6 Å². The van der Waals surface area contributed by atoms with Crippen molar-refractivity contribution in [3.05, 3.63) is 0 Å². The van der Waals surface area contributed by atoms with Crippen LogP contribution in [-0.4, -0.2) is 17.7 Å². The van der Waals surface area contributed by atoms with Gasteiger partial charge in [-0.3, -0.25) is 0 Å². The van der Waals surface area contributed by atoms with Crippen molar-refractivity contribution < 1.29 is 0 Å². The number of hydrogen-bond acceptors (Lipinski definition) is 0. The molecule has 9 heavy (non-hydrogen) atoms. The van der Waals surface area contributed by atoms with Crippen molar-refractivity contribution >= 4 is 17.7 Å². The molecule has 0 aliphatic rings. The first-order valence-corrected chi connectivity index (χ1v) is 4.31. The summed E-state index contributed by atoms with van der Waals surface area (Å²) in [6, 6.07) is 0. The molecule has 0 N–H and O–H groups in total. The summed E-state index contributed by atoms with van der Waals surface area (Å²) in [5.74, 6) is 0. The molecule has 1 atom stereocenters. The van der Waals surface area contributed by atoms with Gasteiger partial charge in [0.1, 0.15) is 0 Å². The van der Waals surface area contributed by atoms with Gasteiger partial charge in [0.25, 0.3) is 0 Å². The molecule has 0 aromatic rings. The van der Waals surface area contributed by atoms with E-state index in [2.05, 4.69) is 31.6 Å². The van der Waals surface area contributed by atoms with Crippen molar-refractivity contribution in [1.29, 1.82) is 0 Å². The molecule has 0 aliphatic heterocycles. The minimum atomic E-state index is 0.968. The van der Waals surface area contributed by atoms with Gasteiger partial charge in [-0.2, -0.15) is 0 Å². The average Bonchev–Trinajstić information content (AvgIpc) is 1.85. The standard InChI is InChI=1S/C8H17.Li/c1-3-5-7-8-6-4-2;/h7H,3-6,8H2,1-2H3;. The van der Waals surface area contributed by atoms with E-state index in [4.69, 9.17) is 0 Å². The van der Waals surface area contributed by atoms with Crippen LogP contribution in [0.4, 0.5) is 0 Å². The fourth-order valence-corrected chi connectivity index (χ4v) is 1.19. The number of rotatable bonds is 5. The second kappa shape index (κ2) is 6.71. The molecule has 1 unspecified atom stereocenters. The van der Waals surface area contributed by atoms with E-state index in [9.17, 15) is 0 Å². The van der Waals surface area contributed by atoms with Crippen LogP contribution < -0.4 is 0 Å². The van der Waals surface area contributed by atoms with Crippen molar-refractivity contribution in [2.45, 2.75) is 50.5 Å². The molecular formula is C8H17Li. The Morgan fingerprint density at radius 2 is 1.78 bits per heavy atom. The molecule has 1 heteroatoms. The van der Waals surface area contributed by atoms with Crippen LogP contribution in [0.25, 0.3) is 0 Å². The number of unbranched alkanes of at least 4 members (excludes halogenated alkanes) is 1. The summed E-state index contributed by atoms with van der Waals surface area (Å²) in [4.78, 5) is 0. The molecule has 0 nitrogen and oxygen atoms in total. The van der Waals surface area contributed by atoms with Crippen LogP contribution in [0, 0.1) is 0 Å². The van der Waals surface area contributed by atoms with Crippen molar-refractivity contribution in [3.8, 4) is 0 Å². The quantitative estimate of drug-likeness (QED) is 0.489. The zero-order valence-corrected chi connectivity index (χ0v) is 7.11. The fraction of sp³-hybridized carbons (Fsp3) is 1.00. The Bertz CT molecular complexity index is 52.5. The Morgan fingerprint density at radius 3 is 2.22 bits per heavy atom. The Morgan fingerprint density at radius 1 is 1.11 bits per heavy atom. The summed E-state index contributed by atoms with van der Waals surface area (Å²) in [7, 11) is 0. The van der Waals surface area contributed by atoms with E-state index in [0.717, 1.165) is 4.59 Å². The Hall–Kier alpha value is 0.597. The van der Waals surface area contributed by atoms with Crippen LogP contribution in [0.2, 0.25) is 4.59 Å². The fourth-order valence-electron chi connectivity index (χ4n) is 1.19. The molecule has 0 saturated heterocycles. The van der Waals surface area contributed by atoms with Crippen molar-refractivity contribution in [2.75, 3.05) is 0 Å². The van der Waals surface area contributed by atoms with Gasteiger partial charge in [0.15, 0.2) is 0 Å². The summed E-state index contributed by atoms with van der Waals surface area (Å²) in [6.07, 6.45) is 6.98. The summed E-state index contributed by atoms with van der Waals surface area (Å²) in [6.45, 7) is 4.53. The van der Waals surface area contributed by atoms with Gasteiger partial charge in [-0.25, -0.2) is 0 Å². The van der Waals surface area contributed by atoms with Gasteiger partial charge in [0.2, 0.25) is 0 Å². The summed E-state index contributed by atoms with van der Waals surface area (Å²) >= 11 is 2.36. The van der Waals surface area contributed by atoms with Gasteiger partial charge in [-0.1, -0.05) is 0 Å². The summed E-state index contributed by atoms with van der Waals surface area (Å²) < 4.78 is 0.968. The monoisotopic (exact) mass is 120 g/mol. The molecule has 0 aliphatic carbocycles. The van der Waals surface area contributed by atoms with Gasteiger partial charge < -0.3 is 0 Å². The second-order valence-corrected chi connectivity index (χ2v) is 3.04. The molecule has 0 aromatic carbocycles. The molecule has 0 radical (unpaired) electrons. The van der Waals surface area contributed by atoms with Crippen LogP contribution in [0.3, 0.4) is 0 Å².